The van der Waals surface area contributed by atoms with Gasteiger partial charge in [-0.2, -0.15) is 0 Å². The zero-order chi connectivity index (χ0) is 13.1. The van der Waals surface area contributed by atoms with E-state index in [1.165, 1.54) is 0 Å². The molecule has 0 bridgehead atoms. The predicted octanol–water partition coefficient (Wildman–Crippen LogP) is 1.40. The number of carbonyl (C=O) groups excluding carboxylic acids is 2. The first-order valence-electron chi connectivity index (χ1n) is 5.91. The van der Waals surface area contributed by atoms with Gasteiger partial charge in [-0.1, -0.05) is 6.92 Å². The highest BCUT2D eigenvalue weighted by Gasteiger charge is 2.54. The molecule has 0 spiro atoms. The summed E-state index contributed by atoms with van der Waals surface area (Å²) in [5, 5.41) is 9.24. The van der Waals surface area contributed by atoms with Crippen LogP contribution in [-0.2, 0) is 19.1 Å². The minimum absolute atomic E-state index is 0.194. The summed E-state index contributed by atoms with van der Waals surface area (Å²) in [5.41, 5.74) is -1.55. The van der Waals surface area contributed by atoms with Gasteiger partial charge in [-0.25, -0.2) is 0 Å². The fourth-order valence-corrected chi connectivity index (χ4v) is 2.38. The highest BCUT2D eigenvalue weighted by atomic mass is 16.5. The first-order chi connectivity index (χ1) is 7.97. The first kappa shape index (κ1) is 13.7. The van der Waals surface area contributed by atoms with Gasteiger partial charge in [0.2, 0.25) is 0 Å². The largest absolute Gasteiger partial charge is 0.480 e. The highest BCUT2D eigenvalue weighted by molar-refractivity contribution is 6.08. The average molecular weight is 242 g/mol. The van der Waals surface area contributed by atoms with Gasteiger partial charge in [0.25, 0.3) is 0 Å². The maximum atomic E-state index is 12.1. The summed E-state index contributed by atoms with van der Waals surface area (Å²) in [5.74, 6) is -2.37. The number of carbonyl (C=O) groups is 3. The van der Waals surface area contributed by atoms with Crippen LogP contribution in [0.15, 0.2) is 0 Å². The first-order valence-corrected chi connectivity index (χ1v) is 5.91. The number of Topliss-reactive ketones (excluding diaryl/α,β-unsaturated/α-hetero) is 1. The molecule has 1 N–H and O–H groups in total. The van der Waals surface area contributed by atoms with Gasteiger partial charge in [0.05, 0.1) is 13.0 Å². The van der Waals surface area contributed by atoms with E-state index in [2.05, 4.69) is 0 Å². The van der Waals surface area contributed by atoms with Gasteiger partial charge < -0.3 is 9.84 Å². The zero-order valence-corrected chi connectivity index (χ0v) is 10.2. The van der Waals surface area contributed by atoms with Crippen LogP contribution in [0.1, 0.15) is 39.5 Å². The molecule has 0 amide bonds. The molecular formula is C12H18O5. The molecule has 2 atom stereocenters. The van der Waals surface area contributed by atoms with E-state index in [0.29, 0.717) is 12.8 Å². The molecule has 0 heterocycles. The van der Waals surface area contributed by atoms with Gasteiger partial charge in [-0.3, -0.25) is 14.4 Å². The third-order valence-electron chi connectivity index (χ3n) is 3.42. The Labute approximate surface area is 100 Å². The van der Waals surface area contributed by atoms with Crippen molar-refractivity contribution in [3.63, 3.8) is 0 Å². The van der Waals surface area contributed by atoms with Crippen LogP contribution in [0.5, 0.6) is 0 Å². The van der Waals surface area contributed by atoms with Crippen molar-refractivity contribution in [3.05, 3.63) is 0 Å². The molecule has 0 aliphatic heterocycles. The fourth-order valence-electron chi connectivity index (χ4n) is 2.38. The number of hydrogen-bond donors (Lipinski definition) is 1. The Bertz CT molecular complexity index is 336. The number of aliphatic carboxylic acids is 1. The van der Waals surface area contributed by atoms with Crippen LogP contribution in [0.2, 0.25) is 0 Å². The van der Waals surface area contributed by atoms with Crippen molar-refractivity contribution >= 4 is 17.7 Å². The molecule has 0 radical (unpaired) electrons. The molecule has 2 unspecified atom stereocenters. The second-order valence-corrected chi connectivity index (χ2v) is 4.38. The smallest absolute Gasteiger partial charge is 0.317 e. The molecule has 0 aromatic carbocycles. The molecule has 5 nitrogen and oxygen atoms in total. The predicted molar refractivity (Wildman–Crippen MR) is 59.3 cm³/mol. The quantitative estimate of drug-likeness (QED) is 0.582. The van der Waals surface area contributed by atoms with Crippen LogP contribution in [0, 0.1) is 11.3 Å². The van der Waals surface area contributed by atoms with E-state index in [9.17, 15) is 19.5 Å². The summed E-state index contributed by atoms with van der Waals surface area (Å²) in [6.45, 7) is 3.70. The highest BCUT2D eigenvalue weighted by Crippen LogP contribution is 2.43. The van der Waals surface area contributed by atoms with E-state index in [1.807, 2.05) is 6.92 Å². The third-order valence-corrected chi connectivity index (χ3v) is 3.42. The normalized spacial score (nSPS) is 28.1. The number of hydrogen-bond acceptors (Lipinski definition) is 4. The zero-order valence-electron chi connectivity index (χ0n) is 10.2. The third kappa shape index (κ3) is 2.48. The average Bonchev–Trinajstić information content (AvgIpc) is 2.57. The lowest BCUT2D eigenvalue weighted by Crippen LogP contribution is -2.39. The van der Waals surface area contributed by atoms with Crippen molar-refractivity contribution < 1.29 is 24.2 Å². The Kier molecular flexibility index (Phi) is 4.26. The molecular weight excluding hydrogens is 224 g/mol. The summed E-state index contributed by atoms with van der Waals surface area (Å²) >= 11 is 0. The standard InChI is InChI=1S/C12H18O5/c1-3-8-5-6-12(10(8)14,11(15)16)7-9(13)17-4-2/h8H,3-7H2,1-2H3,(H,15,16). The van der Waals surface area contributed by atoms with Crippen LogP contribution in [-0.4, -0.2) is 29.4 Å². The lowest BCUT2D eigenvalue weighted by atomic mass is 9.80. The van der Waals surface area contributed by atoms with Gasteiger partial charge in [0.1, 0.15) is 5.41 Å². The van der Waals surface area contributed by atoms with Gasteiger partial charge in [-0.15, -0.1) is 0 Å². The lowest BCUT2D eigenvalue weighted by molar-refractivity contribution is -0.161. The number of carboxylic acids is 1. The van der Waals surface area contributed by atoms with E-state index < -0.39 is 17.4 Å². The fraction of sp³-hybridized carbons (Fsp3) is 0.750. The number of esters is 1. The number of ether oxygens (including phenoxy) is 1. The Morgan fingerprint density at radius 1 is 1.47 bits per heavy atom. The topological polar surface area (TPSA) is 80.7 Å². The molecule has 1 aliphatic rings. The molecule has 0 aromatic heterocycles. The van der Waals surface area contributed by atoms with Crippen LogP contribution in [0.4, 0.5) is 0 Å². The summed E-state index contributed by atoms with van der Waals surface area (Å²) < 4.78 is 4.74. The maximum Gasteiger partial charge on any atom is 0.317 e. The van der Waals surface area contributed by atoms with E-state index in [1.54, 1.807) is 6.92 Å². The van der Waals surface area contributed by atoms with Crippen molar-refractivity contribution in [1.82, 2.24) is 0 Å². The monoisotopic (exact) mass is 242 g/mol. The van der Waals surface area contributed by atoms with Gasteiger partial charge in [0.15, 0.2) is 5.78 Å². The second-order valence-electron chi connectivity index (χ2n) is 4.38. The summed E-state index contributed by atoms with van der Waals surface area (Å²) in [6.07, 6.45) is 1.06. The van der Waals surface area contributed by atoms with E-state index >= 15 is 0 Å². The van der Waals surface area contributed by atoms with Crippen LogP contribution in [0.25, 0.3) is 0 Å². The molecule has 1 saturated carbocycles. The Morgan fingerprint density at radius 3 is 2.53 bits per heavy atom. The SMILES string of the molecule is CCOC(=O)CC1(C(=O)O)CCC(CC)C1=O. The number of rotatable bonds is 5. The molecule has 1 rings (SSSR count). The molecule has 5 heteroatoms. The molecule has 96 valence electrons. The summed E-state index contributed by atoms with van der Waals surface area (Å²) in [7, 11) is 0. The molecule has 1 fully saturated rings. The van der Waals surface area contributed by atoms with Crippen LogP contribution in [0.3, 0.4) is 0 Å². The molecule has 0 saturated heterocycles. The molecule has 1 aliphatic carbocycles. The van der Waals surface area contributed by atoms with Crippen LogP contribution < -0.4 is 0 Å². The van der Waals surface area contributed by atoms with Crippen LogP contribution >= 0.6 is 0 Å². The molecule has 0 aromatic rings. The van der Waals surface area contributed by atoms with Gasteiger partial charge in [-0.05, 0) is 26.2 Å². The second kappa shape index (κ2) is 5.29. The Balaban J connectivity index is 2.89. The summed E-state index contributed by atoms with van der Waals surface area (Å²) in [4.78, 5) is 34.8. The number of carboxylic acid groups (broad SMARTS) is 1. The van der Waals surface area contributed by atoms with E-state index in [-0.39, 0.29) is 31.1 Å². The van der Waals surface area contributed by atoms with Crippen molar-refractivity contribution in [3.8, 4) is 0 Å². The minimum atomic E-state index is -1.55. The minimum Gasteiger partial charge on any atom is -0.480 e. The maximum absolute atomic E-state index is 12.1. The van der Waals surface area contributed by atoms with Crippen molar-refractivity contribution in [1.29, 1.82) is 0 Å². The lowest BCUT2D eigenvalue weighted by Gasteiger charge is -2.21. The molecule has 17 heavy (non-hydrogen) atoms. The Morgan fingerprint density at radius 2 is 2.12 bits per heavy atom. The van der Waals surface area contributed by atoms with Crippen molar-refractivity contribution in [2.24, 2.45) is 11.3 Å². The van der Waals surface area contributed by atoms with Crippen molar-refractivity contribution in [2.75, 3.05) is 6.61 Å². The summed E-state index contributed by atoms with van der Waals surface area (Å²) in [6, 6.07) is 0. The van der Waals surface area contributed by atoms with E-state index in [4.69, 9.17) is 4.74 Å². The van der Waals surface area contributed by atoms with Crippen molar-refractivity contribution in [2.45, 2.75) is 39.5 Å². The number of ketones is 1. The van der Waals surface area contributed by atoms with E-state index in [0.717, 1.165) is 0 Å². The van der Waals surface area contributed by atoms with Gasteiger partial charge >= 0.3 is 11.9 Å². The Hall–Kier alpha value is -1.39. The van der Waals surface area contributed by atoms with Gasteiger partial charge in [0, 0.05) is 5.92 Å².